The molecule has 0 atom stereocenters. The maximum Gasteiger partial charge on any atom is 0.315 e. The number of hydrogen-bond donors (Lipinski definition) is 3. The van der Waals surface area contributed by atoms with E-state index in [2.05, 4.69) is 16.0 Å². The second-order valence-corrected chi connectivity index (χ2v) is 4.58. The Hall–Kier alpha value is -2.89. The second-order valence-electron chi connectivity index (χ2n) is 4.58. The predicted octanol–water partition coefficient (Wildman–Crippen LogP) is 2.26. The fourth-order valence-electron chi connectivity index (χ4n) is 1.73. The zero-order chi connectivity index (χ0) is 15.8. The molecular weight excluding hydrogens is 285 g/mol. The number of rotatable bonds is 5. The van der Waals surface area contributed by atoms with Crippen molar-refractivity contribution in [3.05, 3.63) is 66.0 Å². The fourth-order valence-corrected chi connectivity index (χ4v) is 1.73. The number of benzene rings is 2. The first-order valence-corrected chi connectivity index (χ1v) is 6.74. The van der Waals surface area contributed by atoms with Gasteiger partial charge < -0.3 is 16.0 Å². The van der Waals surface area contributed by atoms with Crippen LogP contribution < -0.4 is 16.0 Å². The molecule has 0 radical (unpaired) electrons. The number of carbonyl (C=O) groups excluding carboxylic acids is 2. The van der Waals surface area contributed by atoms with Crippen LogP contribution in [0.1, 0.15) is 5.56 Å². The molecule has 0 heterocycles. The molecule has 0 bridgehead atoms. The fraction of sp³-hybridized carbons (Fsp3) is 0.125. The molecule has 22 heavy (non-hydrogen) atoms. The lowest BCUT2D eigenvalue weighted by molar-refractivity contribution is -0.115. The standard InChI is InChI=1S/C16H16FN3O2/c17-13-8-6-12(7-9-13)10-18-16(22)19-11-15(21)20-14-4-2-1-3-5-14/h1-9H,10-11H2,(H,20,21)(H2,18,19,22). The van der Waals surface area contributed by atoms with E-state index in [1.54, 1.807) is 36.4 Å². The quantitative estimate of drug-likeness (QED) is 0.793. The van der Waals surface area contributed by atoms with Gasteiger partial charge in [0.2, 0.25) is 5.91 Å². The van der Waals surface area contributed by atoms with Gasteiger partial charge in [0, 0.05) is 12.2 Å². The van der Waals surface area contributed by atoms with Crippen LogP contribution in [0.2, 0.25) is 0 Å². The molecule has 5 nitrogen and oxygen atoms in total. The Morgan fingerprint density at radius 2 is 1.59 bits per heavy atom. The molecule has 0 saturated carbocycles. The summed E-state index contributed by atoms with van der Waals surface area (Å²) in [6.45, 7) is 0.122. The van der Waals surface area contributed by atoms with Gasteiger partial charge in [-0.15, -0.1) is 0 Å². The van der Waals surface area contributed by atoms with Crippen molar-refractivity contribution in [3.63, 3.8) is 0 Å². The van der Waals surface area contributed by atoms with Gasteiger partial charge in [-0.2, -0.15) is 0 Å². The number of halogens is 1. The van der Waals surface area contributed by atoms with E-state index >= 15 is 0 Å². The molecule has 3 N–H and O–H groups in total. The highest BCUT2D eigenvalue weighted by molar-refractivity contribution is 5.94. The summed E-state index contributed by atoms with van der Waals surface area (Å²) in [6, 6.07) is 14.3. The molecule has 2 rings (SSSR count). The first-order chi connectivity index (χ1) is 10.6. The van der Waals surface area contributed by atoms with Crippen molar-refractivity contribution in [1.82, 2.24) is 10.6 Å². The van der Waals surface area contributed by atoms with Crippen molar-refractivity contribution in [2.24, 2.45) is 0 Å². The van der Waals surface area contributed by atoms with Crippen molar-refractivity contribution in [2.45, 2.75) is 6.54 Å². The van der Waals surface area contributed by atoms with Gasteiger partial charge >= 0.3 is 6.03 Å². The summed E-state index contributed by atoms with van der Waals surface area (Å²) < 4.78 is 12.7. The van der Waals surface area contributed by atoms with E-state index in [0.717, 1.165) is 5.56 Å². The van der Waals surface area contributed by atoms with Gasteiger partial charge in [0.15, 0.2) is 0 Å². The minimum absolute atomic E-state index is 0.135. The average molecular weight is 301 g/mol. The molecule has 2 aromatic rings. The van der Waals surface area contributed by atoms with E-state index < -0.39 is 6.03 Å². The van der Waals surface area contributed by atoms with Crippen molar-refractivity contribution < 1.29 is 14.0 Å². The highest BCUT2D eigenvalue weighted by Gasteiger charge is 2.05. The van der Waals surface area contributed by atoms with E-state index in [1.807, 2.05) is 6.07 Å². The monoisotopic (exact) mass is 301 g/mol. The van der Waals surface area contributed by atoms with E-state index in [0.29, 0.717) is 5.69 Å². The number of nitrogens with one attached hydrogen (secondary N) is 3. The number of carbonyl (C=O) groups is 2. The smallest absolute Gasteiger partial charge is 0.315 e. The third-order valence-electron chi connectivity index (χ3n) is 2.83. The first kappa shape index (κ1) is 15.5. The summed E-state index contributed by atoms with van der Waals surface area (Å²) >= 11 is 0. The number of anilines is 1. The van der Waals surface area contributed by atoms with Crippen molar-refractivity contribution in [3.8, 4) is 0 Å². The molecule has 6 heteroatoms. The van der Waals surface area contributed by atoms with Gasteiger partial charge in [-0.25, -0.2) is 9.18 Å². The van der Waals surface area contributed by atoms with E-state index in [9.17, 15) is 14.0 Å². The molecule has 0 aliphatic rings. The summed E-state index contributed by atoms with van der Waals surface area (Å²) in [5.74, 6) is -0.645. The lowest BCUT2D eigenvalue weighted by atomic mass is 10.2. The summed E-state index contributed by atoms with van der Waals surface area (Å²) in [5.41, 5.74) is 1.44. The number of urea groups is 1. The Labute approximate surface area is 127 Å². The molecule has 0 aliphatic heterocycles. The van der Waals surface area contributed by atoms with Gasteiger partial charge in [0.25, 0.3) is 0 Å². The van der Waals surface area contributed by atoms with Crippen LogP contribution in [0.25, 0.3) is 0 Å². The number of para-hydroxylation sites is 1. The largest absolute Gasteiger partial charge is 0.334 e. The Morgan fingerprint density at radius 3 is 2.27 bits per heavy atom. The lowest BCUT2D eigenvalue weighted by Crippen LogP contribution is -2.39. The molecule has 0 fully saturated rings. The summed E-state index contributed by atoms with van der Waals surface area (Å²) in [7, 11) is 0. The summed E-state index contributed by atoms with van der Waals surface area (Å²) in [4.78, 5) is 23.2. The summed E-state index contributed by atoms with van der Waals surface area (Å²) in [6.07, 6.45) is 0. The zero-order valence-electron chi connectivity index (χ0n) is 11.8. The van der Waals surface area contributed by atoms with E-state index in [4.69, 9.17) is 0 Å². The van der Waals surface area contributed by atoms with Crippen LogP contribution >= 0.6 is 0 Å². The Morgan fingerprint density at radius 1 is 0.909 bits per heavy atom. The van der Waals surface area contributed by atoms with Gasteiger partial charge in [-0.1, -0.05) is 30.3 Å². The van der Waals surface area contributed by atoms with Gasteiger partial charge in [-0.05, 0) is 29.8 Å². The second kappa shape index (κ2) is 7.78. The molecule has 114 valence electrons. The maximum atomic E-state index is 12.7. The minimum Gasteiger partial charge on any atom is -0.334 e. The highest BCUT2D eigenvalue weighted by atomic mass is 19.1. The van der Waals surface area contributed by atoms with E-state index in [-0.39, 0.29) is 24.8 Å². The molecular formula is C16H16FN3O2. The Kier molecular flexibility index (Phi) is 5.48. The third kappa shape index (κ3) is 5.24. The molecule has 0 saturated heterocycles. The number of amides is 3. The van der Waals surface area contributed by atoms with Crippen molar-refractivity contribution in [2.75, 3.05) is 11.9 Å². The van der Waals surface area contributed by atoms with Crippen LogP contribution in [0.3, 0.4) is 0 Å². The van der Waals surface area contributed by atoms with Crippen LogP contribution in [-0.4, -0.2) is 18.5 Å². The molecule has 0 unspecified atom stereocenters. The number of hydrogen-bond acceptors (Lipinski definition) is 2. The minimum atomic E-state index is -0.465. The molecule has 0 aromatic heterocycles. The van der Waals surface area contributed by atoms with Gasteiger partial charge in [-0.3, -0.25) is 4.79 Å². The van der Waals surface area contributed by atoms with Gasteiger partial charge in [0.05, 0.1) is 6.54 Å². The molecule has 0 spiro atoms. The average Bonchev–Trinajstić information content (AvgIpc) is 2.53. The van der Waals surface area contributed by atoms with Crippen molar-refractivity contribution in [1.29, 1.82) is 0 Å². The first-order valence-electron chi connectivity index (χ1n) is 6.74. The highest BCUT2D eigenvalue weighted by Crippen LogP contribution is 2.04. The van der Waals surface area contributed by atoms with E-state index in [1.165, 1.54) is 12.1 Å². The van der Waals surface area contributed by atoms with Crippen LogP contribution in [0.15, 0.2) is 54.6 Å². The van der Waals surface area contributed by atoms with Crippen LogP contribution in [-0.2, 0) is 11.3 Å². The zero-order valence-corrected chi connectivity index (χ0v) is 11.8. The summed E-state index contributed by atoms with van der Waals surface area (Å²) in [5, 5.41) is 7.69. The van der Waals surface area contributed by atoms with Gasteiger partial charge in [0.1, 0.15) is 5.82 Å². The molecule has 2 aromatic carbocycles. The van der Waals surface area contributed by atoms with Crippen LogP contribution in [0.4, 0.5) is 14.9 Å². The van der Waals surface area contributed by atoms with Crippen LogP contribution in [0.5, 0.6) is 0 Å². The molecule has 3 amide bonds. The predicted molar refractivity (Wildman–Crippen MR) is 81.7 cm³/mol. The van der Waals surface area contributed by atoms with Crippen LogP contribution in [0, 0.1) is 5.82 Å². The Bertz CT molecular complexity index is 630. The lowest BCUT2D eigenvalue weighted by Gasteiger charge is -2.08. The maximum absolute atomic E-state index is 12.7. The molecule has 0 aliphatic carbocycles. The Balaban J connectivity index is 1.69. The normalized spacial score (nSPS) is 9.86. The third-order valence-corrected chi connectivity index (χ3v) is 2.83. The topological polar surface area (TPSA) is 70.2 Å². The van der Waals surface area contributed by atoms with Crippen molar-refractivity contribution >= 4 is 17.6 Å². The SMILES string of the molecule is O=C(CNC(=O)NCc1ccc(F)cc1)Nc1ccccc1.